The van der Waals surface area contributed by atoms with Gasteiger partial charge in [0.05, 0.1) is 0 Å². The van der Waals surface area contributed by atoms with Gasteiger partial charge >= 0.3 is 0 Å². The highest BCUT2D eigenvalue weighted by molar-refractivity contribution is 6.02. The van der Waals surface area contributed by atoms with E-state index in [0.717, 1.165) is 29.2 Å². The van der Waals surface area contributed by atoms with Crippen molar-refractivity contribution in [2.45, 2.75) is 25.9 Å². The molecule has 4 heteroatoms. The van der Waals surface area contributed by atoms with Gasteiger partial charge in [0.2, 0.25) is 0 Å². The van der Waals surface area contributed by atoms with Gasteiger partial charge in [0.1, 0.15) is 6.17 Å². The second-order valence-electron chi connectivity index (χ2n) is 3.69. The minimum Gasteiger partial charge on any atom is -0.363 e. The highest BCUT2D eigenvalue weighted by Crippen LogP contribution is 2.25. The lowest BCUT2D eigenvalue weighted by Gasteiger charge is -2.34. The van der Waals surface area contributed by atoms with E-state index >= 15 is 0 Å². The second-order valence-corrected chi connectivity index (χ2v) is 3.69. The Hall–Kier alpha value is -1.55. The minimum absolute atomic E-state index is 0.169. The van der Waals surface area contributed by atoms with Crippen molar-refractivity contribution in [3.05, 3.63) is 29.8 Å². The first-order chi connectivity index (χ1) is 7.24. The van der Waals surface area contributed by atoms with E-state index in [1.807, 2.05) is 24.3 Å². The van der Waals surface area contributed by atoms with Crippen LogP contribution in [0.3, 0.4) is 0 Å². The van der Waals surface area contributed by atoms with Gasteiger partial charge in [-0.15, -0.1) is 0 Å². The first-order valence-corrected chi connectivity index (χ1v) is 5.16. The number of hydroxylamine groups is 2. The summed E-state index contributed by atoms with van der Waals surface area (Å²) in [7, 11) is 0. The number of benzene rings is 1. The number of para-hydroxylation sites is 1. The average molecular weight is 205 g/mol. The highest BCUT2D eigenvalue weighted by Gasteiger charge is 2.27. The standard InChI is InChI=1S/C11H15N3O/c1-2-5-10-13-9-7-4-3-6-8(9)11(12)14(10)15/h3-4,6-7,10,12-13,15H,2,5H2,1H3. The Kier molecular flexibility index (Phi) is 2.60. The molecular formula is C11H15N3O. The van der Waals surface area contributed by atoms with Crippen LogP contribution >= 0.6 is 0 Å². The molecule has 0 saturated heterocycles. The SMILES string of the molecule is CCCC1Nc2ccccc2C(=N)N1O. The molecule has 1 unspecified atom stereocenters. The van der Waals surface area contributed by atoms with Gasteiger partial charge in [-0.1, -0.05) is 25.5 Å². The smallest absolute Gasteiger partial charge is 0.156 e. The summed E-state index contributed by atoms with van der Waals surface area (Å²) in [5, 5.41) is 21.8. The summed E-state index contributed by atoms with van der Waals surface area (Å²) in [6.45, 7) is 2.06. The number of fused-ring (bicyclic) bond motifs is 1. The lowest BCUT2D eigenvalue weighted by Crippen LogP contribution is -2.46. The van der Waals surface area contributed by atoms with Crippen molar-refractivity contribution in [2.75, 3.05) is 5.32 Å². The maximum absolute atomic E-state index is 9.76. The van der Waals surface area contributed by atoms with E-state index in [1.54, 1.807) is 0 Å². The fourth-order valence-electron chi connectivity index (χ4n) is 1.80. The summed E-state index contributed by atoms with van der Waals surface area (Å²) >= 11 is 0. The molecule has 1 atom stereocenters. The minimum atomic E-state index is -0.183. The maximum Gasteiger partial charge on any atom is 0.156 e. The van der Waals surface area contributed by atoms with Crippen molar-refractivity contribution in [1.82, 2.24) is 5.06 Å². The van der Waals surface area contributed by atoms with E-state index in [9.17, 15) is 5.21 Å². The quantitative estimate of drug-likeness (QED) is 0.694. The van der Waals surface area contributed by atoms with Gasteiger partial charge in [0.15, 0.2) is 5.84 Å². The van der Waals surface area contributed by atoms with Crippen LogP contribution in [0.2, 0.25) is 0 Å². The Labute approximate surface area is 89.0 Å². The van der Waals surface area contributed by atoms with Crippen LogP contribution in [0.25, 0.3) is 0 Å². The van der Waals surface area contributed by atoms with Gasteiger partial charge in [-0.2, -0.15) is 0 Å². The summed E-state index contributed by atoms with van der Waals surface area (Å²) in [4.78, 5) is 0. The molecule has 3 N–H and O–H groups in total. The molecule has 1 aliphatic rings. The monoisotopic (exact) mass is 205 g/mol. The summed E-state index contributed by atoms with van der Waals surface area (Å²) in [6, 6.07) is 7.55. The zero-order valence-electron chi connectivity index (χ0n) is 8.70. The molecule has 0 saturated carbocycles. The third-order valence-electron chi connectivity index (χ3n) is 2.59. The molecular weight excluding hydrogens is 190 g/mol. The molecule has 4 nitrogen and oxygen atoms in total. The van der Waals surface area contributed by atoms with Gasteiger partial charge in [0, 0.05) is 11.3 Å². The lowest BCUT2D eigenvalue weighted by atomic mass is 10.1. The van der Waals surface area contributed by atoms with Crippen molar-refractivity contribution in [3.8, 4) is 0 Å². The molecule has 1 aliphatic heterocycles. The van der Waals surface area contributed by atoms with E-state index < -0.39 is 0 Å². The number of amidine groups is 1. The van der Waals surface area contributed by atoms with Crippen molar-refractivity contribution < 1.29 is 5.21 Å². The molecule has 0 spiro atoms. The zero-order chi connectivity index (χ0) is 10.8. The predicted molar refractivity (Wildman–Crippen MR) is 59.2 cm³/mol. The number of nitrogens with one attached hydrogen (secondary N) is 2. The van der Waals surface area contributed by atoms with Crippen molar-refractivity contribution >= 4 is 11.5 Å². The molecule has 0 fully saturated rings. The zero-order valence-corrected chi connectivity index (χ0v) is 8.70. The van der Waals surface area contributed by atoms with E-state index in [2.05, 4.69) is 12.2 Å². The molecule has 80 valence electrons. The number of hydrogen-bond acceptors (Lipinski definition) is 3. The molecule has 1 aromatic carbocycles. The number of rotatable bonds is 2. The third-order valence-corrected chi connectivity index (χ3v) is 2.59. The van der Waals surface area contributed by atoms with Gasteiger partial charge < -0.3 is 5.32 Å². The first kappa shape index (κ1) is 9.98. The Balaban J connectivity index is 2.32. The van der Waals surface area contributed by atoms with Crippen LogP contribution in [0.5, 0.6) is 0 Å². The van der Waals surface area contributed by atoms with Crippen LogP contribution in [0.15, 0.2) is 24.3 Å². The van der Waals surface area contributed by atoms with Crippen LogP contribution in [-0.4, -0.2) is 22.3 Å². The highest BCUT2D eigenvalue weighted by atomic mass is 16.5. The normalized spacial score (nSPS) is 19.7. The summed E-state index contributed by atoms with van der Waals surface area (Å²) < 4.78 is 0. The molecule has 2 rings (SSSR count). The Morgan fingerprint density at radius 3 is 2.93 bits per heavy atom. The number of nitrogens with zero attached hydrogens (tertiary/aromatic N) is 1. The van der Waals surface area contributed by atoms with Gasteiger partial charge in [-0.05, 0) is 18.6 Å². The summed E-state index contributed by atoms with van der Waals surface area (Å²) in [6.07, 6.45) is 1.59. The first-order valence-electron chi connectivity index (χ1n) is 5.16. The van der Waals surface area contributed by atoms with E-state index in [1.165, 1.54) is 0 Å². The molecule has 0 aromatic heterocycles. The second kappa shape index (κ2) is 3.90. The van der Waals surface area contributed by atoms with Crippen LogP contribution in [-0.2, 0) is 0 Å². The van der Waals surface area contributed by atoms with Gasteiger partial charge in [0.25, 0.3) is 0 Å². The van der Waals surface area contributed by atoms with Crippen LogP contribution in [0.4, 0.5) is 5.69 Å². The Morgan fingerprint density at radius 2 is 2.20 bits per heavy atom. The van der Waals surface area contributed by atoms with Crippen molar-refractivity contribution in [1.29, 1.82) is 5.41 Å². The molecule has 15 heavy (non-hydrogen) atoms. The number of hydrogen-bond donors (Lipinski definition) is 3. The van der Waals surface area contributed by atoms with E-state index in [4.69, 9.17) is 5.41 Å². The Bertz CT molecular complexity index is 378. The lowest BCUT2D eigenvalue weighted by molar-refractivity contribution is -0.0492. The van der Waals surface area contributed by atoms with Gasteiger partial charge in [-0.25, -0.2) is 5.06 Å². The largest absolute Gasteiger partial charge is 0.363 e. The molecule has 0 amide bonds. The average Bonchev–Trinajstić information content (AvgIpc) is 2.26. The van der Waals surface area contributed by atoms with Gasteiger partial charge in [-0.3, -0.25) is 10.6 Å². The topological polar surface area (TPSA) is 59.4 Å². The predicted octanol–water partition coefficient (Wildman–Crippen LogP) is 2.25. The molecule has 0 bridgehead atoms. The van der Waals surface area contributed by atoms with E-state index in [0.29, 0.717) is 0 Å². The molecule has 0 radical (unpaired) electrons. The van der Waals surface area contributed by atoms with Crippen molar-refractivity contribution in [2.24, 2.45) is 0 Å². The van der Waals surface area contributed by atoms with E-state index in [-0.39, 0.29) is 12.0 Å². The van der Waals surface area contributed by atoms with Crippen molar-refractivity contribution in [3.63, 3.8) is 0 Å². The van der Waals surface area contributed by atoms with Crippen LogP contribution in [0, 0.1) is 5.41 Å². The fourth-order valence-corrected chi connectivity index (χ4v) is 1.80. The molecule has 1 aromatic rings. The maximum atomic E-state index is 9.76. The third kappa shape index (κ3) is 1.68. The van der Waals surface area contributed by atoms with Crippen LogP contribution in [0.1, 0.15) is 25.3 Å². The molecule has 0 aliphatic carbocycles. The summed E-state index contributed by atoms with van der Waals surface area (Å²) in [5.74, 6) is 0.169. The van der Waals surface area contributed by atoms with Crippen LogP contribution < -0.4 is 5.32 Å². The summed E-state index contributed by atoms with van der Waals surface area (Å²) in [5.41, 5.74) is 1.67. The fraction of sp³-hybridized carbons (Fsp3) is 0.364. The molecule has 1 heterocycles. The Morgan fingerprint density at radius 1 is 1.47 bits per heavy atom. The number of anilines is 1.